The molecule has 1 heterocycles. The molecule has 0 bridgehead atoms. The van der Waals surface area contributed by atoms with Gasteiger partial charge in [0.2, 0.25) is 5.91 Å². The maximum atomic E-state index is 13.0. The smallest absolute Gasteiger partial charge is 0.249 e. The van der Waals surface area contributed by atoms with Crippen molar-refractivity contribution >= 4 is 5.91 Å². The van der Waals surface area contributed by atoms with E-state index < -0.39 is 61.5 Å². The lowest BCUT2D eigenvalue weighted by molar-refractivity contribution is -0.302. The van der Waals surface area contributed by atoms with Gasteiger partial charge in [-0.15, -0.1) is 0 Å². The van der Waals surface area contributed by atoms with Crippen molar-refractivity contribution in [2.75, 3.05) is 13.2 Å². The van der Waals surface area contributed by atoms with E-state index in [1.165, 1.54) is 64.2 Å². The Bertz CT molecular complexity index is 855. The molecule has 0 spiro atoms. The Morgan fingerprint density at radius 3 is 1.72 bits per heavy atom. The maximum absolute atomic E-state index is 13.0. The Morgan fingerprint density at radius 2 is 1.16 bits per heavy atom. The normalized spacial score (nSPS) is 23.1. The second-order valence-electron chi connectivity index (χ2n) is 14.3. The number of nitrogens with one attached hydrogen (secondary N) is 1. The second kappa shape index (κ2) is 31.2. The number of allylic oxidation sites excluding steroid dienone is 4. The van der Waals surface area contributed by atoms with E-state index in [-0.39, 0.29) is 6.61 Å². The summed E-state index contributed by atoms with van der Waals surface area (Å²) >= 11 is 0. The van der Waals surface area contributed by atoms with Crippen LogP contribution in [0.25, 0.3) is 0 Å². The summed E-state index contributed by atoms with van der Waals surface area (Å²) in [6, 6.07) is -0.896. The van der Waals surface area contributed by atoms with Crippen LogP contribution < -0.4 is 5.32 Å². The highest BCUT2D eigenvalue weighted by molar-refractivity contribution is 5.80. The Hall–Kier alpha value is -1.37. The molecular formula is C40H75NO9. The molecule has 0 aliphatic carbocycles. The molecule has 0 aromatic carbocycles. The number of rotatable bonds is 32. The van der Waals surface area contributed by atoms with Crippen molar-refractivity contribution in [3.63, 3.8) is 0 Å². The summed E-state index contributed by atoms with van der Waals surface area (Å²) in [4.78, 5) is 13.0. The van der Waals surface area contributed by atoms with E-state index in [4.69, 9.17) is 9.47 Å². The molecular weight excluding hydrogens is 638 g/mol. The van der Waals surface area contributed by atoms with Gasteiger partial charge in [0.15, 0.2) is 6.29 Å². The second-order valence-corrected chi connectivity index (χ2v) is 14.3. The van der Waals surface area contributed by atoms with Crippen molar-refractivity contribution in [1.82, 2.24) is 5.32 Å². The molecule has 1 amide bonds. The van der Waals surface area contributed by atoms with Crippen molar-refractivity contribution in [2.24, 2.45) is 0 Å². The molecule has 10 heteroatoms. The predicted molar refractivity (Wildman–Crippen MR) is 199 cm³/mol. The van der Waals surface area contributed by atoms with Gasteiger partial charge in [-0.1, -0.05) is 147 Å². The molecule has 8 atom stereocenters. The van der Waals surface area contributed by atoms with Gasteiger partial charge >= 0.3 is 0 Å². The summed E-state index contributed by atoms with van der Waals surface area (Å²) in [7, 11) is 0. The van der Waals surface area contributed by atoms with Crippen molar-refractivity contribution in [1.29, 1.82) is 0 Å². The summed E-state index contributed by atoms with van der Waals surface area (Å²) in [5.74, 6) is -0.599. The summed E-state index contributed by atoms with van der Waals surface area (Å²) in [5.41, 5.74) is 0. The highest BCUT2D eigenvalue weighted by Crippen LogP contribution is 2.23. The van der Waals surface area contributed by atoms with Crippen LogP contribution in [-0.2, 0) is 14.3 Å². The fraction of sp³-hybridized carbons (Fsp3) is 0.875. The van der Waals surface area contributed by atoms with Crippen molar-refractivity contribution in [3.05, 3.63) is 24.3 Å². The van der Waals surface area contributed by atoms with Gasteiger partial charge in [0.25, 0.3) is 0 Å². The quantitative estimate of drug-likeness (QED) is 0.0320. The van der Waals surface area contributed by atoms with Gasteiger partial charge in [-0.3, -0.25) is 4.79 Å². The molecule has 7 N–H and O–H groups in total. The van der Waals surface area contributed by atoms with Crippen LogP contribution in [0.1, 0.15) is 162 Å². The van der Waals surface area contributed by atoms with E-state index in [1.807, 2.05) is 0 Å². The van der Waals surface area contributed by atoms with E-state index in [1.54, 1.807) is 0 Å². The molecule has 1 aliphatic rings. The van der Waals surface area contributed by atoms with Gasteiger partial charge in [-0.05, 0) is 38.5 Å². The Kier molecular flexibility index (Phi) is 29.1. The van der Waals surface area contributed by atoms with Gasteiger partial charge in [-0.25, -0.2) is 0 Å². The molecule has 1 fully saturated rings. The zero-order chi connectivity index (χ0) is 36.8. The molecule has 0 radical (unpaired) electrons. The first-order chi connectivity index (χ1) is 24.3. The number of ether oxygens (including phenoxy) is 2. The van der Waals surface area contributed by atoms with E-state index >= 15 is 0 Å². The average Bonchev–Trinajstić information content (AvgIpc) is 3.11. The van der Waals surface area contributed by atoms with Crippen LogP contribution in [-0.4, -0.2) is 98.7 Å². The Labute approximate surface area is 303 Å². The third-order valence-corrected chi connectivity index (χ3v) is 9.69. The standard InChI is InChI=1S/C40H75NO9/c1-3-5-7-9-11-13-15-16-17-19-21-23-25-27-29-34(44)39(48)41-32(31-49-40-38(47)37(46)36(45)35(30-42)50-40)33(43)28-26-24-22-20-18-14-12-10-8-6-4-2/h11,13,15-16,32-38,40,42-47H,3-10,12,14,17-31H2,1-2H3,(H,41,48)/b13-11-,16-15-. The lowest BCUT2D eigenvalue weighted by atomic mass is 9.99. The van der Waals surface area contributed by atoms with Crippen LogP contribution >= 0.6 is 0 Å². The lowest BCUT2D eigenvalue weighted by Gasteiger charge is -2.40. The highest BCUT2D eigenvalue weighted by Gasteiger charge is 2.44. The maximum Gasteiger partial charge on any atom is 0.249 e. The lowest BCUT2D eigenvalue weighted by Crippen LogP contribution is -2.60. The fourth-order valence-electron chi connectivity index (χ4n) is 6.27. The largest absolute Gasteiger partial charge is 0.394 e. The zero-order valence-electron chi connectivity index (χ0n) is 31.5. The van der Waals surface area contributed by atoms with Crippen LogP contribution in [0.15, 0.2) is 24.3 Å². The average molecular weight is 714 g/mol. The zero-order valence-corrected chi connectivity index (χ0v) is 31.5. The van der Waals surface area contributed by atoms with E-state index in [0.717, 1.165) is 64.2 Å². The third kappa shape index (κ3) is 21.9. The molecule has 294 valence electrons. The Morgan fingerprint density at radius 1 is 0.680 bits per heavy atom. The molecule has 0 saturated carbocycles. The molecule has 8 unspecified atom stereocenters. The first-order valence-electron chi connectivity index (χ1n) is 20.2. The summed E-state index contributed by atoms with van der Waals surface area (Å²) in [5, 5.41) is 64.5. The van der Waals surface area contributed by atoms with Gasteiger partial charge < -0.3 is 45.4 Å². The summed E-state index contributed by atoms with van der Waals surface area (Å²) in [6.07, 6.45) is 23.7. The minimum Gasteiger partial charge on any atom is -0.394 e. The number of carbonyl (C=O) groups excluding carboxylic acids is 1. The molecule has 0 aromatic rings. The van der Waals surface area contributed by atoms with E-state index in [0.29, 0.717) is 19.3 Å². The Balaban J connectivity index is 2.48. The minimum absolute atomic E-state index is 0.260. The number of hydrogen-bond acceptors (Lipinski definition) is 9. The van der Waals surface area contributed by atoms with E-state index in [9.17, 15) is 35.4 Å². The topological polar surface area (TPSA) is 169 Å². The minimum atomic E-state index is -1.60. The molecule has 50 heavy (non-hydrogen) atoms. The summed E-state index contributed by atoms with van der Waals surface area (Å²) in [6.45, 7) is 3.59. The highest BCUT2D eigenvalue weighted by atomic mass is 16.7. The third-order valence-electron chi connectivity index (χ3n) is 9.69. The number of aliphatic hydroxyl groups excluding tert-OH is 6. The van der Waals surface area contributed by atoms with E-state index in [2.05, 4.69) is 43.5 Å². The molecule has 10 nitrogen and oxygen atoms in total. The number of unbranched alkanes of at least 4 members (excludes halogenated alkanes) is 18. The number of carbonyl (C=O) groups is 1. The van der Waals surface area contributed by atoms with Crippen LogP contribution in [0.5, 0.6) is 0 Å². The molecule has 0 aromatic heterocycles. The van der Waals surface area contributed by atoms with Crippen LogP contribution in [0.3, 0.4) is 0 Å². The monoisotopic (exact) mass is 714 g/mol. The van der Waals surface area contributed by atoms with Gasteiger partial charge in [-0.2, -0.15) is 0 Å². The first-order valence-corrected chi connectivity index (χ1v) is 20.2. The van der Waals surface area contributed by atoms with Crippen LogP contribution in [0.2, 0.25) is 0 Å². The SMILES string of the molecule is CCCCC/C=C\C=C/CCCCCCCC(O)C(=O)NC(COC1OC(CO)C(O)C(O)C1O)C(O)CCCCCCCCCCCCC. The van der Waals surface area contributed by atoms with Crippen molar-refractivity contribution in [3.8, 4) is 0 Å². The summed E-state index contributed by atoms with van der Waals surface area (Å²) < 4.78 is 11.1. The predicted octanol–water partition coefficient (Wildman–Crippen LogP) is 6.13. The van der Waals surface area contributed by atoms with Gasteiger partial charge in [0, 0.05) is 0 Å². The first kappa shape index (κ1) is 46.7. The van der Waals surface area contributed by atoms with Gasteiger partial charge in [0.1, 0.15) is 30.5 Å². The fourth-order valence-corrected chi connectivity index (χ4v) is 6.27. The molecule has 1 saturated heterocycles. The number of amides is 1. The number of hydrogen-bond donors (Lipinski definition) is 7. The van der Waals surface area contributed by atoms with Crippen LogP contribution in [0.4, 0.5) is 0 Å². The van der Waals surface area contributed by atoms with Crippen molar-refractivity contribution in [2.45, 2.75) is 210 Å². The van der Waals surface area contributed by atoms with Crippen LogP contribution in [0, 0.1) is 0 Å². The number of aliphatic hydroxyl groups is 6. The molecule has 1 rings (SSSR count). The van der Waals surface area contributed by atoms with Gasteiger partial charge in [0.05, 0.1) is 25.4 Å². The molecule has 1 aliphatic heterocycles. The van der Waals surface area contributed by atoms with Crippen molar-refractivity contribution < 1.29 is 44.9 Å².